The van der Waals surface area contributed by atoms with E-state index in [0.29, 0.717) is 12.0 Å². The van der Waals surface area contributed by atoms with E-state index >= 15 is 0 Å². The summed E-state index contributed by atoms with van der Waals surface area (Å²) < 4.78 is 1.84. The van der Waals surface area contributed by atoms with Crippen molar-refractivity contribution in [3.8, 4) is 5.69 Å². The minimum absolute atomic E-state index is 0.677. The fraction of sp³-hybridized carbons (Fsp3) is 0.533. The van der Waals surface area contributed by atoms with Crippen LogP contribution in [0, 0.1) is 5.92 Å². The SMILES string of the molecule is c1ccc(-n2nnnc2N2CC[C@@H]3NCCC[C@@H]3C2)cc1. The van der Waals surface area contributed by atoms with Gasteiger partial charge in [-0.2, -0.15) is 4.68 Å². The summed E-state index contributed by atoms with van der Waals surface area (Å²) in [5.41, 5.74) is 1.02. The summed E-state index contributed by atoms with van der Waals surface area (Å²) in [6, 6.07) is 10.8. The standard InChI is InChI=1S/C15H20N6/c1-2-6-13(7-3-1)21-15(17-18-19-21)20-10-8-14-12(11-20)5-4-9-16-14/h1-3,6-7,12,14,16H,4-5,8-11H2/t12-,14+/m1/s1. The first kappa shape index (κ1) is 12.8. The molecule has 1 aromatic heterocycles. The second-order valence-corrected chi connectivity index (χ2v) is 5.92. The molecule has 0 bridgehead atoms. The zero-order valence-corrected chi connectivity index (χ0v) is 12.0. The zero-order valence-electron chi connectivity index (χ0n) is 12.0. The fourth-order valence-corrected chi connectivity index (χ4v) is 3.54. The lowest BCUT2D eigenvalue weighted by molar-refractivity contribution is 0.243. The third-order valence-corrected chi connectivity index (χ3v) is 4.63. The van der Waals surface area contributed by atoms with Crippen LogP contribution in [-0.2, 0) is 0 Å². The van der Waals surface area contributed by atoms with Gasteiger partial charge in [0.15, 0.2) is 0 Å². The van der Waals surface area contributed by atoms with Crippen molar-refractivity contribution in [2.75, 3.05) is 24.5 Å². The summed E-state index contributed by atoms with van der Waals surface area (Å²) in [5.74, 6) is 1.58. The van der Waals surface area contributed by atoms with Crippen LogP contribution in [0.25, 0.3) is 5.69 Å². The molecule has 0 aliphatic carbocycles. The van der Waals surface area contributed by atoms with Crippen LogP contribution in [0.2, 0.25) is 0 Å². The molecule has 0 amide bonds. The Morgan fingerprint density at radius 1 is 1.14 bits per heavy atom. The molecular weight excluding hydrogens is 264 g/mol. The number of hydrogen-bond acceptors (Lipinski definition) is 5. The van der Waals surface area contributed by atoms with Crippen LogP contribution < -0.4 is 10.2 Å². The lowest BCUT2D eigenvalue weighted by atomic mass is 9.85. The van der Waals surface area contributed by atoms with Gasteiger partial charge in [0.1, 0.15) is 0 Å². The van der Waals surface area contributed by atoms with Crippen LogP contribution in [-0.4, -0.2) is 45.9 Å². The lowest BCUT2D eigenvalue weighted by Gasteiger charge is -2.41. The minimum atomic E-state index is 0.677. The summed E-state index contributed by atoms with van der Waals surface area (Å²) in [6.45, 7) is 3.23. The number of rotatable bonds is 2. The summed E-state index contributed by atoms with van der Waals surface area (Å²) in [6.07, 6.45) is 3.76. The van der Waals surface area contributed by atoms with E-state index < -0.39 is 0 Å². The molecule has 0 unspecified atom stereocenters. The summed E-state index contributed by atoms with van der Waals surface area (Å²) >= 11 is 0. The molecule has 4 rings (SSSR count). The third kappa shape index (κ3) is 2.40. The molecule has 2 atom stereocenters. The maximum Gasteiger partial charge on any atom is 0.250 e. The van der Waals surface area contributed by atoms with Crippen LogP contribution in [0.15, 0.2) is 30.3 Å². The second-order valence-electron chi connectivity index (χ2n) is 5.92. The van der Waals surface area contributed by atoms with E-state index in [-0.39, 0.29) is 0 Å². The Bertz CT molecular complexity index is 595. The molecule has 0 radical (unpaired) electrons. The van der Waals surface area contributed by atoms with Crippen molar-refractivity contribution in [2.45, 2.75) is 25.3 Å². The number of nitrogens with zero attached hydrogens (tertiary/aromatic N) is 5. The van der Waals surface area contributed by atoms with Gasteiger partial charge in [0.05, 0.1) is 5.69 Å². The molecule has 2 saturated heterocycles. The molecule has 0 spiro atoms. The molecule has 2 aromatic rings. The predicted molar refractivity (Wildman–Crippen MR) is 80.5 cm³/mol. The summed E-state index contributed by atoms with van der Waals surface area (Å²) in [7, 11) is 0. The molecule has 2 aliphatic rings. The van der Waals surface area contributed by atoms with Crippen molar-refractivity contribution < 1.29 is 0 Å². The van der Waals surface area contributed by atoms with Crippen molar-refractivity contribution in [3.63, 3.8) is 0 Å². The normalized spacial score (nSPS) is 25.6. The van der Waals surface area contributed by atoms with E-state index in [4.69, 9.17) is 0 Å². The predicted octanol–water partition coefficient (Wildman–Crippen LogP) is 1.24. The number of piperidine rings is 2. The first-order chi connectivity index (χ1) is 10.4. The van der Waals surface area contributed by atoms with Gasteiger partial charge in [-0.15, -0.1) is 0 Å². The molecule has 21 heavy (non-hydrogen) atoms. The Morgan fingerprint density at radius 3 is 2.95 bits per heavy atom. The Morgan fingerprint density at radius 2 is 2.05 bits per heavy atom. The Labute approximate surface area is 124 Å². The average Bonchev–Trinajstić information content (AvgIpc) is 3.05. The average molecular weight is 284 g/mol. The van der Waals surface area contributed by atoms with Gasteiger partial charge in [0.2, 0.25) is 5.95 Å². The van der Waals surface area contributed by atoms with Gasteiger partial charge in [-0.05, 0) is 54.3 Å². The zero-order chi connectivity index (χ0) is 14.1. The number of benzene rings is 1. The van der Waals surface area contributed by atoms with Gasteiger partial charge in [0.25, 0.3) is 0 Å². The van der Waals surface area contributed by atoms with E-state index in [1.165, 1.54) is 25.8 Å². The van der Waals surface area contributed by atoms with Crippen LogP contribution >= 0.6 is 0 Å². The lowest BCUT2D eigenvalue weighted by Crippen LogP contribution is -2.52. The molecule has 1 aromatic carbocycles. The third-order valence-electron chi connectivity index (χ3n) is 4.63. The number of aromatic nitrogens is 4. The minimum Gasteiger partial charge on any atom is -0.339 e. The molecule has 3 heterocycles. The van der Waals surface area contributed by atoms with Crippen LogP contribution in [0.5, 0.6) is 0 Å². The van der Waals surface area contributed by atoms with E-state index in [0.717, 1.165) is 24.7 Å². The van der Waals surface area contributed by atoms with E-state index in [1.54, 1.807) is 0 Å². The number of tetrazole rings is 1. The topological polar surface area (TPSA) is 58.9 Å². The molecule has 6 nitrogen and oxygen atoms in total. The molecule has 0 saturated carbocycles. The largest absolute Gasteiger partial charge is 0.339 e. The van der Waals surface area contributed by atoms with Crippen molar-refractivity contribution in [2.24, 2.45) is 5.92 Å². The smallest absolute Gasteiger partial charge is 0.250 e. The number of fused-ring (bicyclic) bond motifs is 1. The Balaban J connectivity index is 1.59. The number of nitrogens with one attached hydrogen (secondary N) is 1. The van der Waals surface area contributed by atoms with E-state index in [2.05, 4.69) is 25.7 Å². The monoisotopic (exact) mass is 284 g/mol. The van der Waals surface area contributed by atoms with Crippen LogP contribution in [0.4, 0.5) is 5.95 Å². The van der Waals surface area contributed by atoms with Crippen molar-refractivity contribution in [1.29, 1.82) is 0 Å². The van der Waals surface area contributed by atoms with Crippen LogP contribution in [0.3, 0.4) is 0 Å². The number of hydrogen-bond donors (Lipinski definition) is 1. The van der Waals surface area contributed by atoms with Gasteiger partial charge < -0.3 is 10.2 Å². The van der Waals surface area contributed by atoms with Crippen LogP contribution in [0.1, 0.15) is 19.3 Å². The molecule has 2 fully saturated rings. The Hall–Kier alpha value is -1.95. The van der Waals surface area contributed by atoms with E-state index in [9.17, 15) is 0 Å². The molecule has 110 valence electrons. The maximum atomic E-state index is 4.26. The van der Waals surface area contributed by atoms with Gasteiger partial charge in [-0.25, -0.2) is 0 Å². The highest BCUT2D eigenvalue weighted by Crippen LogP contribution is 2.27. The number of para-hydroxylation sites is 1. The van der Waals surface area contributed by atoms with Gasteiger partial charge in [-0.1, -0.05) is 23.3 Å². The van der Waals surface area contributed by atoms with Gasteiger partial charge in [-0.3, -0.25) is 0 Å². The molecule has 1 N–H and O–H groups in total. The summed E-state index contributed by atoms with van der Waals surface area (Å²) in [4.78, 5) is 2.33. The molecule has 6 heteroatoms. The van der Waals surface area contributed by atoms with Gasteiger partial charge >= 0.3 is 0 Å². The highest BCUT2D eigenvalue weighted by atomic mass is 15.6. The molecular formula is C15H20N6. The van der Waals surface area contributed by atoms with E-state index in [1.807, 2.05) is 35.0 Å². The maximum absolute atomic E-state index is 4.26. The van der Waals surface area contributed by atoms with Crippen molar-refractivity contribution in [3.05, 3.63) is 30.3 Å². The first-order valence-corrected chi connectivity index (χ1v) is 7.74. The second kappa shape index (κ2) is 5.44. The molecule has 2 aliphatic heterocycles. The van der Waals surface area contributed by atoms with Gasteiger partial charge in [0, 0.05) is 19.1 Å². The van der Waals surface area contributed by atoms with Crippen molar-refractivity contribution in [1.82, 2.24) is 25.5 Å². The fourth-order valence-electron chi connectivity index (χ4n) is 3.54. The highest BCUT2D eigenvalue weighted by Gasteiger charge is 2.32. The Kier molecular flexibility index (Phi) is 3.31. The highest BCUT2D eigenvalue weighted by molar-refractivity contribution is 5.41. The quantitative estimate of drug-likeness (QED) is 0.899. The van der Waals surface area contributed by atoms with Crippen molar-refractivity contribution >= 4 is 5.95 Å². The first-order valence-electron chi connectivity index (χ1n) is 7.74. The summed E-state index contributed by atoms with van der Waals surface area (Å²) in [5, 5.41) is 16.0. The number of anilines is 1.